The Morgan fingerprint density at radius 2 is 1.96 bits per heavy atom. The number of amides is 1. The fourth-order valence-electron chi connectivity index (χ4n) is 2.61. The van der Waals surface area contributed by atoms with Crippen molar-refractivity contribution in [3.63, 3.8) is 0 Å². The number of hydrogen-bond acceptors (Lipinski definition) is 3. The zero-order valence-corrected chi connectivity index (χ0v) is 15.6. The zero-order chi connectivity index (χ0) is 20.3. The minimum atomic E-state index is -4.39. The van der Waals surface area contributed by atoms with Crippen LogP contribution in [0, 0.1) is 5.92 Å². The van der Waals surface area contributed by atoms with E-state index in [1.165, 1.54) is 23.1 Å². The molecular formula is C18H17ClF3N5O. The van der Waals surface area contributed by atoms with Gasteiger partial charge in [-0.05, 0) is 17.7 Å². The highest BCUT2D eigenvalue weighted by Crippen LogP contribution is 2.29. The molecule has 1 atom stereocenters. The van der Waals surface area contributed by atoms with Gasteiger partial charge in [0.25, 0.3) is 0 Å². The molecule has 1 aromatic carbocycles. The lowest BCUT2D eigenvalue weighted by molar-refractivity contribution is -0.137. The first kappa shape index (κ1) is 19.9. The monoisotopic (exact) mass is 411 g/mol. The molecule has 2 aromatic heterocycles. The van der Waals surface area contributed by atoms with Crippen LogP contribution in [0.25, 0.3) is 0 Å². The van der Waals surface area contributed by atoms with Gasteiger partial charge in [0.15, 0.2) is 0 Å². The standard InChI is InChI=1S/C18H17ClF3N5O/c1-12(8-26-10-15(19)6-23-26)17(28)25-16-7-24-27(11-16)9-13-3-2-4-14(5-13)18(20,21)22/h2-7,10-12H,8-9H2,1H3,(H,25,28). The van der Waals surface area contributed by atoms with Crippen LogP contribution < -0.4 is 5.32 Å². The van der Waals surface area contributed by atoms with Gasteiger partial charge in [-0.2, -0.15) is 23.4 Å². The third-order valence-electron chi connectivity index (χ3n) is 4.01. The van der Waals surface area contributed by atoms with Crippen molar-refractivity contribution < 1.29 is 18.0 Å². The van der Waals surface area contributed by atoms with Gasteiger partial charge in [0.05, 0.1) is 47.7 Å². The Kier molecular flexibility index (Phi) is 5.73. The first-order valence-electron chi connectivity index (χ1n) is 8.38. The second kappa shape index (κ2) is 8.05. The lowest BCUT2D eigenvalue weighted by Gasteiger charge is -2.11. The maximum Gasteiger partial charge on any atom is 0.416 e. The van der Waals surface area contributed by atoms with Crippen molar-refractivity contribution in [1.82, 2.24) is 19.6 Å². The number of rotatable bonds is 6. The van der Waals surface area contributed by atoms with Crippen molar-refractivity contribution in [1.29, 1.82) is 0 Å². The molecule has 1 amide bonds. The molecule has 0 radical (unpaired) electrons. The maximum atomic E-state index is 12.8. The number of carbonyl (C=O) groups excluding carboxylic acids is 1. The van der Waals surface area contributed by atoms with Gasteiger partial charge < -0.3 is 5.32 Å². The molecule has 0 spiro atoms. The van der Waals surface area contributed by atoms with Gasteiger partial charge in [-0.25, -0.2) is 0 Å². The van der Waals surface area contributed by atoms with Crippen molar-refractivity contribution in [2.45, 2.75) is 26.2 Å². The second-order valence-corrected chi connectivity index (χ2v) is 6.83. The van der Waals surface area contributed by atoms with Gasteiger partial charge >= 0.3 is 6.18 Å². The van der Waals surface area contributed by atoms with E-state index in [4.69, 9.17) is 11.6 Å². The first-order chi connectivity index (χ1) is 13.2. The van der Waals surface area contributed by atoms with Crippen LogP contribution in [-0.4, -0.2) is 25.5 Å². The number of anilines is 1. The normalized spacial score (nSPS) is 12.8. The summed E-state index contributed by atoms with van der Waals surface area (Å²) in [5.41, 5.74) is 0.209. The molecule has 148 valence electrons. The molecule has 0 aliphatic carbocycles. The molecule has 0 saturated carbocycles. The third-order valence-corrected chi connectivity index (χ3v) is 4.21. The quantitative estimate of drug-likeness (QED) is 0.665. The SMILES string of the molecule is CC(Cn1cc(Cl)cn1)C(=O)Nc1cnn(Cc2cccc(C(F)(F)F)c2)c1. The molecule has 6 nitrogen and oxygen atoms in total. The van der Waals surface area contributed by atoms with Crippen LogP contribution in [0.3, 0.4) is 0 Å². The summed E-state index contributed by atoms with van der Waals surface area (Å²) < 4.78 is 41.4. The molecule has 3 rings (SSSR count). The molecule has 3 aromatic rings. The number of nitrogens with zero attached hydrogens (tertiary/aromatic N) is 4. The lowest BCUT2D eigenvalue weighted by atomic mass is 10.1. The third kappa shape index (κ3) is 5.13. The molecule has 10 heteroatoms. The molecular weight excluding hydrogens is 395 g/mol. The van der Waals surface area contributed by atoms with E-state index in [-0.39, 0.29) is 18.4 Å². The maximum absolute atomic E-state index is 12.8. The molecule has 0 aliphatic rings. The average molecular weight is 412 g/mol. The fourth-order valence-corrected chi connectivity index (χ4v) is 2.77. The molecule has 0 aliphatic heterocycles. The largest absolute Gasteiger partial charge is 0.416 e. The van der Waals surface area contributed by atoms with Crippen LogP contribution in [0.15, 0.2) is 49.1 Å². The minimum Gasteiger partial charge on any atom is -0.323 e. The highest BCUT2D eigenvalue weighted by atomic mass is 35.5. The molecule has 28 heavy (non-hydrogen) atoms. The van der Waals surface area contributed by atoms with Crippen LogP contribution in [0.4, 0.5) is 18.9 Å². The summed E-state index contributed by atoms with van der Waals surface area (Å²) in [6.07, 6.45) is 1.73. The topological polar surface area (TPSA) is 64.7 Å². The van der Waals surface area contributed by atoms with Crippen molar-refractivity contribution in [3.8, 4) is 0 Å². The van der Waals surface area contributed by atoms with Crippen molar-refractivity contribution in [3.05, 3.63) is 65.2 Å². The number of benzene rings is 1. The Balaban J connectivity index is 1.60. The van der Waals surface area contributed by atoms with E-state index in [1.54, 1.807) is 30.1 Å². The van der Waals surface area contributed by atoms with Crippen molar-refractivity contribution >= 4 is 23.2 Å². The Morgan fingerprint density at radius 3 is 2.64 bits per heavy atom. The predicted molar refractivity (Wildman–Crippen MR) is 97.8 cm³/mol. The second-order valence-electron chi connectivity index (χ2n) is 6.40. The average Bonchev–Trinajstić information content (AvgIpc) is 3.23. The van der Waals surface area contributed by atoms with E-state index >= 15 is 0 Å². The number of hydrogen-bond donors (Lipinski definition) is 1. The summed E-state index contributed by atoms with van der Waals surface area (Å²) in [6.45, 7) is 2.26. The van der Waals surface area contributed by atoms with Gasteiger partial charge in [0, 0.05) is 12.4 Å². The van der Waals surface area contributed by atoms with Crippen molar-refractivity contribution in [2.75, 3.05) is 5.32 Å². The molecule has 2 heterocycles. The van der Waals surface area contributed by atoms with Gasteiger partial charge in [-0.1, -0.05) is 30.7 Å². The molecule has 0 saturated heterocycles. The number of nitrogens with one attached hydrogen (secondary N) is 1. The van der Waals surface area contributed by atoms with Crippen LogP contribution in [0.5, 0.6) is 0 Å². The fraction of sp³-hybridized carbons (Fsp3) is 0.278. The van der Waals surface area contributed by atoms with E-state index < -0.39 is 11.7 Å². The molecule has 1 unspecified atom stereocenters. The Labute approximate surface area is 163 Å². The van der Waals surface area contributed by atoms with Gasteiger partial charge in [-0.3, -0.25) is 14.2 Å². The van der Waals surface area contributed by atoms with E-state index in [1.807, 2.05) is 0 Å². The highest BCUT2D eigenvalue weighted by molar-refractivity contribution is 6.30. The van der Waals surface area contributed by atoms with E-state index in [9.17, 15) is 18.0 Å². The number of aromatic nitrogens is 4. The van der Waals surface area contributed by atoms with Crippen molar-refractivity contribution in [2.24, 2.45) is 5.92 Å². The Morgan fingerprint density at radius 1 is 1.21 bits per heavy atom. The van der Waals surface area contributed by atoms with Crippen LogP contribution >= 0.6 is 11.6 Å². The Hall–Kier alpha value is -2.81. The van der Waals surface area contributed by atoms with E-state index in [2.05, 4.69) is 15.5 Å². The summed E-state index contributed by atoms with van der Waals surface area (Å²) in [5, 5.41) is 11.3. The summed E-state index contributed by atoms with van der Waals surface area (Å²) in [6, 6.07) is 5.05. The minimum absolute atomic E-state index is 0.154. The smallest absolute Gasteiger partial charge is 0.323 e. The van der Waals surface area contributed by atoms with Gasteiger partial charge in [-0.15, -0.1) is 0 Å². The van der Waals surface area contributed by atoms with Gasteiger partial charge in [0.2, 0.25) is 5.91 Å². The van der Waals surface area contributed by atoms with E-state index in [0.29, 0.717) is 22.8 Å². The number of alkyl halides is 3. The van der Waals surface area contributed by atoms with E-state index in [0.717, 1.165) is 12.1 Å². The highest BCUT2D eigenvalue weighted by Gasteiger charge is 2.30. The first-order valence-corrected chi connectivity index (χ1v) is 8.76. The Bertz CT molecular complexity index is 966. The lowest BCUT2D eigenvalue weighted by Crippen LogP contribution is -2.24. The summed E-state index contributed by atoms with van der Waals surface area (Å²) in [7, 11) is 0. The van der Waals surface area contributed by atoms with Crippen LogP contribution in [-0.2, 0) is 24.1 Å². The summed E-state index contributed by atoms with van der Waals surface area (Å²) >= 11 is 5.80. The number of carbonyl (C=O) groups is 1. The number of halogens is 4. The zero-order valence-electron chi connectivity index (χ0n) is 14.8. The molecule has 0 fully saturated rings. The summed E-state index contributed by atoms with van der Waals surface area (Å²) in [5.74, 6) is -0.604. The van der Waals surface area contributed by atoms with Crippen LogP contribution in [0.2, 0.25) is 5.02 Å². The molecule has 0 bridgehead atoms. The van der Waals surface area contributed by atoms with Crippen LogP contribution in [0.1, 0.15) is 18.1 Å². The summed E-state index contributed by atoms with van der Waals surface area (Å²) in [4.78, 5) is 12.3. The predicted octanol–water partition coefficient (Wildman–Crippen LogP) is 4.07. The molecule has 1 N–H and O–H groups in total. The van der Waals surface area contributed by atoms with Gasteiger partial charge in [0.1, 0.15) is 0 Å².